The van der Waals surface area contributed by atoms with Gasteiger partial charge in [-0.2, -0.15) is 13.2 Å². The van der Waals surface area contributed by atoms with Gasteiger partial charge in [-0.1, -0.05) is 24.4 Å². The van der Waals surface area contributed by atoms with E-state index in [9.17, 15) is 18.0 Å². The number of halogens is 4. The number of aryl methyl sites for hydroxylation is 1. The molecule has 2 fully saturated rings. The van der Waals surface area contributed by atoms with Gasteiger partial charge in [0.2, 0.25) is 5.88 Å². The number of rotatable bonds is 14. The van der Waals surface area contributed by atoms with Gasteiger partial charge in [0.05, 0.1) is 17.6 Å². The first-order valence-electron chi connectivity index (χ1n) is 15.0. The predicted octanol–water partition coefficient (Wildman–Crippen LogP) is 7.36. The highest BCUT2D eigenvalue weighted by Crippen LogP contribution is 2.59. The molecule has 44 heavy (non-hydrogen) atoms. The molecule has 0 bridgehead atoms. The quantitative estimate of drug-likeness (QED) is 0.107. The molecule has 1 aliphatic carbocycles. The molecule has 1 atom stereocenters. The number of aromatic nitrogens is 4. The number of amides is 1. The average molecular weight is 651 g/mol. The molecule has 8 nitrogen and oxygen atoms in total. The van der Waals surface area contributed by atoms with Crippen molar-refractivity contribution in [2.75, 3.05) is 13.2 Å². The molecule has 1 saturated heterocycles. The molecule has 2 N–H and O–H groups in total. The molecule has 0 aromatic carbocycles. The van der Waals surface area contributed by atoms with Gasteiger partial charge in [-0.25, -0.2) is 9.67 Å². The summed E-state index contributed by atoms with van der Waals surface area (Å²) in [5, 5.41) is 7.79. The Kier molecular flexibility index (Phi) is 10.1. The van der Waals surface area contributed by atoms with Crippen molar-refractivity contribution >= 4 is 29.5 Å². The third kappa shape index (κ3) is 8.45. The van der Waals surface area contributed by atoms with Crippen LogP contribution in [0.5, 0.6) is 5.88 Å². The van der Waals surface area contributed by atoms with E-state index >= 15 is 0 Å². The lowest BCUT2D eigenvalue weighted by atomic mass is 9.93. The first kappa shape index (κ1) is 32.6. The number of unbranched alkanes of at least 4 members (excludes halogenated alkanes) is 2. The fraction of sp³-hybridized carbons (Fsp3) is 0.548. The molecular weight excluding hydrogens is 613 g/mol. The Morgan fingerprint density at radius 3 is 2.66 bits per heavy atom. The molecule has 1 saturated carbocycles. The molecule has 2 aliphatic rings. The van der Waals surface area contributed by atoms with E-state index in [0.717, 1.165) is 47.8 Å². The van der Waals surface area contributed by atoms with E-state index in [4.69, 9.17) is 16.3 Å². The summed E-state index contributed by atoms with van der Waals surface area (Å²) in [5.41, 5.74) is -0.120. The summed E-state index contributed by atoms with van der Waals surface area (Å²) in [5.74, 6) is 0.891. The zero-order valence-electron chi connectivity index (χ0n) is 24.9. The lowest BCUT2D eigenvalue weighted by molar-refractivity contribution is -0.190. The molecule has 1 unspecified atom stereocenters. The van der Waals surface area contributed by atoms with Crippen molar-refractivity contribution in [3.05, 3.63) is 59.1 Å². The van der Waals surface area contributed by atoms with E-state index in [0.29, 0.717) is 5.82 Å². The number of hydrogen-bond acceptors (Lipinski definition) is 7. The Hall–Kier alpha value is -2.83. The van der Waals surface area contributed by atoms with Crippen LogP contribution in [0.25, 0.3) is 5.82 Å². The van der Waals surface area contributed by atoms with E-state index in [-0.39, 0.29) is 48.0 Å². The van der Waals surface area contributed by atoms with Crippen molar-refractivity contribution in [3.8, 4) is 11.7 Å². The Bertz CT molecular complexity index is 1430. The van der Waals surface area contributed by atoms with Gasteiger partial charge in [0, 0.05) is 34.6 Å². The van der Waals surface area contributed by atoms with Crippen molar-refractivity contribution in [1.29, 1.82) is 0 Å². The summed E-state index contributed by atoms with van der Waals surface area (Å²) in [6.07, 6.45) is 6.27. The summed E-state index contributed by atoms with van der Waals surface area (Å²) >= 11 is 7.46. The lowest BCUT2D eigenvalue weighted by Crippen LogP contribution is -2.31. The molecule has 0 spiro atoms. The van der Waals surface area contributed by atoms with E-state index in [2.05, 4.69) is 39.0 Å². The monoisotopic (exact) mass is 650 g/mol. The van der Waals surface area contributed by atoms with E-state index < -0.39 is 17.5 Å². The normalized spacial score (nSPS) is 18.7. The van der Waals surface area contributed by atoms with Crippen LogP contribution in [0.3, 0.4) is 0 Å². The summed E-state index contributed by atoms with van der Waals surface area (Å²) in [4.78, 5) is 22.4. The zero-order chi connectivity index (χ0) is 31.4. The van der Waals surface area contributed by atoms with E-state index in [1.165, 1.54) is 42.5 Å². The number of nitrogens with one attached hydrogen (secondary N) is 2. The van der Waals surface area contributed by atoms with E-state index in [1.54, 1.807) is 18.5 Å². The third-order valence-electron chi connectivity index (χ3n) is 8.44. The highest BCUT2D eigenvalue weighted by molar-refractivity contribution is 7.98. The van der Waals surface area contributed by atoms with Crippen LogP contribution >= 0.6 is 23.5 Å². The van der Waals surface area contributed by atoms with Gasteiger partial charge in [-0.05, 0) is 107 Å². The molecule has 3 aromatic rings. The van der Waals surface area contributed by atoms with Gasteiger partial charge in [0.1, 0.15) is 5.15 Å². The maximum atomic E-state index is 13.1. The molecule has 5 rings (SSSR count). The van der Waals surface area contributed by atoms with Crippen molar-refractivity contribution in [1.82, 2.24) is 29.8 Å². The fourth-order valence-corrected chi connectivity index (χ4v) is 6.39. The molecule has 238 valence electrons. The minimum absolute atomic E-state index is 0.0131. The first-order valence-corrected chi connectivity index (χ1v) is 16.2. The van der Waals surface area contributed by atoms with Crippen molar-refractivity contribution in [2.24, 2.45) is 11.3 Å². The second-order valence-electron chi connectivity index (χ2n) is 12.4. The molecular formula is C31H38ClF3N6O2S. The summed E-state index contributed by atoms with van der Waals surface area (Å²) in [6.45, 7) is 5.58. The molecule has 3 aromatic heterocycles. The van der Waals surface area contributed by atoms with Crippen LogP contribution in [0.15, 0.2) is 47.6 Å². The van der Waals surface area contributed by atoms with E-state index in [1.807, 2.05) is 12.1 Å². The van der Waals surface area contributed by atoms with Crippen LogP contribution in [0, 0.1) is 11.3 Å². The first-order chi connectivity index (χ1) is 20.9. The highest BCUT2D eigenvalue weighted by atomic mass is 35.5. The SMILES string of the molecule is CC1(C)CC(CCCCCc2ccc(SNC(=O)c3ccc(-n4ccc(OCCC5(C(F)(F)F)CC5)n4)nc3Cl)cn2)CN1. The Labute approximate surface area is 265 Å². The van der Waals surface area contributed by atoms with Crippen LogP contribution in [0.4, 0.5) is 13.2 Å². The van der Waals surface area contributed by atoms with Crippen LogP contribution in [-0.4, -0.2) is 50.5 Å². The van der Waals surface area contributed by atoms with Crippen LogP contribution in [0.1, 0.15) is 81.3 Å². The number of alkyl halides is 3. The molecule has 1 aliphatic heterocycles. The number of pyridine rings is 2. The third-order valence-corrected chi connectivity index (χ3v) is 9.49. The Balaban J connectivity index is 1.03. The number of carbonyl (C=O) groups excluding carboxylic acids is 1. The van der Waals surface area contributed by atoms with Crippen molar-refractivity contribution in [3.63, 3.8) is 0 Å². The minimum Gasteiger partial charge on any atom is -0.477 e. The van der Waals surface area contributed by atoms with Crippen LogP contribution < -0.4 is 14.8 Å². The van der Waals surface area contributed by atoms with Gasteiger partial charge in [-0.15, -0.1) is 5.10 Å². The van der Waals surface area contributed by atoms with Gasteiger partial charge < -0.3 is 10.1 Å². The zero-order valence-corrected chi connectivity index (χ0v) is 26.5. The number of ether oxygens (including phenoxy) is 1. The summed E-state index contributed by atoms with van der Waals surface area (Å²) in [6, 6.07) is 8.58. The summed E-state index contributed by atoms with van der Waals surface area (Å²) in [7, 11) is 0. The maximum Gasteiger partial charge on any atom is 0.394 e. The van der Waals surface area contributed by atoms with Gasteiger partial charge in [0.25, 0.3) is 5.91 Å². The Morgan fingerprint density at radius 1 is 1.18 bits per heavy atom. The molecule has 4 heterocycles. The number of hydrogen-bond donors (Lipinski definition) is 2. The van der Waals surface area contributed by atoms with Gasteiger partial charge in [-0.3, -0.25) is 14.5 Å². The number of carbonyl (C=O) groups is 1. The topological polar surface area (TPSA) is 94.0 Å². The molecule has 13 heteroatoms. The highest BCUT2D eigenvalue weighted by Gasteiger charge is 2.62. The van der Waals surface area contributed by atoms with Crippen molar-refractivity contribution < 1.29 is 22.7 Å². The largest absolute Gasteiger partial charge is 0.477 e. The second kappa shape index (κ2) is 13.7. The van der Waals surface area contributed by atoms with Crippen LogP contribution in [-0.2, 0) is 6.42 Å². The second-order valence-corrected chi connectivity index (χ2v) is 13.7. The molecule has 1 amide bonds. The van der Waals surface area contributed by atoms with Crippen molar-refractivity contribution in [2.45, 2.75) is 88.2 Å². The minimum atomic E-state index is -4.21. The fourth-order valence-electron chi connectivity index (χ4n) is 5.60. The standard InChI is InChI=1S/C31H38ClF3N6O2S/c1-29(2)18-21(19-37-29)6-4-3-5-7-22-8-9-23(20-36-22)44-40-28(42)24-10-11-25(38-27(24)32)41-16-12-26(39-41)43-17-15-30(13-14-30)31(33,34)35/h8-12,16,20-21,37H,3-7,13-15,17-19H2,1-2H3,(H,40,42). The van der Waals surface area contributed by atoms with Gasteiger partial charge in [0.15, 0.2) is 5.82 Å². The smallest absolute Gasteiger partial charge is 0.394 e. The average Bonchev–Trinajstić information content (AvgIpc) is 3.50. The Morgan fingerprint density at radius 2 is 2.00 bits per heavy atom. The molecule has 0 radical (unpaired) electrons. The predicted molar refractivity (Wildman–Crippen MR) is 164 cm³/mol. The van der Waals surface area contributed by atoms with Crippen LogP contribution in [0.2, 0.25) is 5.15 Å². The maximum absolute atomic E-state index is 13.1. The summed E-state index contributed by atoms with van der Waals surface area (Å²) < 4.78 is 48.9. The number of nitrogens with zero attached hydrogens (tertiary/aromatic N) is 4. The van der Waals surface area contributed by atoms with Gasteiger partial charge >= 0.3 is 6.18 Å². The lowest BCUT2D eigenvalue weighted by Gasteiger charge is -2.18.